The Balaban J connectivity index is 3.30. The lowest BCUT2D eigenvalue weighted by Crippen LogP contribution is -2.28. The number of nitrogens with one attached hydrogen (secondary N) is 1. The monoisotopic (exact) mass is 285 g/mol. The Labute approximate surface area is 114 Å². The van der Waals surface area contributed by atoms with Crippen LogP contribution >= 0.6 is 11.6 Å². The number of halogens is 1. The van der Waals surface area contributed by atoms with E-state index in [0.717, 1.165) is 11.0 Å². The highest BCUT2D eigenvalue weighted by atomic mass is 35.5. The van der Waals surface area contributed by atoms with E-state index < -0.39 is 16.7 Å². The lowest BCUT2D eigenvalue weighted by atomic mass is 10.1. The summed E-state index contributed by atoms with van der Waals surface area (Å²) in [5, 5.41) is 13.4. The first-order valence-electron chi connectivity index (χ1n) is 5.25. The molecule has 0 unspecified atom stereocenters. The number of benzene rings is 1. The highest BCUT2D eigenvalue weighted by Crippen LogP contribution is 2.28. The molecular weight excluding hydrogens is 274 g/mol. The lowest BCUT2D eigenvalue weighted by molar-refractivity contribution is -0.384. The van der Waals surface area contributed by atoms with Gasteiger partial charge in [0.15, 0.2) is 0 Å². The number of carbonyl (C=O) groups is 2. The molecule has 0 saturated heterocycles. The number of rotatable bonds is 4. The number of hydrogen-bond acceptors (Lipinski definition) is 4. The average molecular weight is 286 g/mol. The Morgan fingerprint density at radius 1 is 1.47 bits per heavy atom. The Bertz CT molecular complexity index is 533. The molecule has 102 valence electrons. The third-order valence-corrected chi connectivity index (χ3v) is 2.74. The molecule has 1 aromatic carbocycles. The minimum atomic E-state index is -0.653. The molecule has 0 fully saturated rings. The fourth-order valence-corrected chi connectivity index (χ4v) is 1.64. The van der Waals surface area contributed by atoms with Gasteiger partial charge < -0.3 is 10.2 Å². The zero-order valence-corrected chi connectivity index (χ0v) is 11.1. The molecule has 19 heavy (non-hydrogen) atoms. The van der Waals surface area contributed by atoms with Gasteiger partial charge in [0.25, 0.3) is 11.6 Å². The first-order chi connectivity index (χ1) is 8.92. The Morgan fingerprint density at radius 3 is 2.58 bits per heavy atom. The van der Waals surface area contributed by atoms with E-state index in [0.29, 0.717) is 0 Å². The minimum Gasteiger partial charge on any atom is -0.355 e. The van der Waals surface area contributed by atoms with Crippen LogP contribution in [0.15, 0.2) is 18.2 Å². The second-order valence-electron chi connectivity index (χ2n) is 3.63. The highest BCUT2D eigenvalue weighted by molar-refractivity contribution is 6.29. The van der Waals surface area contributed by atoms with E-state index in [2.05, 4.69) is 5.32 Å². The van der Waals surface area contributed by atoms with E-state index >= 15 is 0 Å². The average Bonchev–Trinajstić information content (AvgIpc) is 2.43. The number of carbonyl (C=O) groups excluding carboxylic acids is 2. The molecule has 0 heterocycles. The van der Waals surface area contributed by atoms with Gasteiger partial charge in [-0.15, -0.1) is 11.6 Å². The van der Waals surface area contributed by atoms with Gasteiger partial charge >= 0.3 is 0 Å². The first kappa shape index (κ1) is 14.9. The SMILES string of the molecule is CNC(=O)c1ccc(N(C)C(=O)CCl)c([N+](=O)[O-])c1. The maximum atomic E-state index is 11.5. The summed E-state index contributed by atoms with van der Waals surface area (Å²) in [5.74, 6) is -1.20. The summed E-state index contributed by atoms with van der Waals surface area (Å²) in [6.07, 6.45) is 0. The van der Waals surface area contributed by atoms with Crippen LogP contribution in [0.25, 0.3) is 0 Å². The first-order valence-corrected chi connectivity index (χ1v) is 5.78. The van der Waals surface area contributed by atoms with Crippen molar-refractivity contribution in [2.24, 2.45) is 0 Å². The van der Waals surface area contributed by atoms with Gasteiger partial charge in [0.1, 0.15) is 11.6 Å². The number of hydrogen-bond donors (Lipinski definition) is 1. The van der Waals surface area contributed by atoms with Crippen molar-refractivity contribution < 1.29 is 14.5 Å². The Kier molecular flexibility index (Phi) is 4.82. The number of nitro groups is 1. The van der Waals surface area contributed by atoms with Crippen molar-refractivity contribution in [3.8, 4) is 0 Å². The highest BCUT2D eigenvalue weighted by Gasteiger charge is 2.22. The van der Waals surface area contributed by atoms with E-state index in [9.17, 15) is 19.7 Å². The summed E-state index contributed by atoms with van der Waals surface area (Å²) < 4.78 is 0. The molecular formula is C11H12ClN3O4. The third kappa shape index (κ3) is 3.19. The van der Waals surface area contributed by atoms with Crippen LogP contribution in [0.1, 0.15) is 10.4 Å². The lowest BCUT2D eigenvalue weighted by Gasteiger charge is -2.16. The van der Waals surface area contributed by atoms with Crippen LogP contribution in [0, 0.1) is 10.1 Å². The number of alkyl halides is 1. The van der Waals surface area contributed by atoms with Gasteiger partial charge in [-0.25, -0.2) is 0 Å². The number of anilines is 1. The standard InChI is InChI=1S/C11H12ClN3O4/c1-13-11(17)7-3-4-8(9(5-7)15(18)19)14(2)10(16)6-12/h3-5H,6H2,1-2H3,(H,13,17). The largest absolute Gasteiger partial charge is 0.355 e. The van der Waals surface area contributed by atoms with Crippen LogP contribution in [0.5, 0.6) is 0 Å². The van der Waals surface area contributed by atoms with Crippen LogP contribution in [-0.2, 0) is 4.79 Å². The molecule has 8 heteroatoms. The Morgan fingerprint density at radius 2 is 2.11 bits per heavy atom. The van der Waals surface area contributed by atoms with Crippen molar-refractivity contribution in [1.29, 1.82) is 0 Å². The van der Waals surface area contributed by atoms with Gasteiger partial charge in [-0.3, -0.25) is 19.7 Å². The smallest absolute Gasteiger partial charge is 0.293 e. The predicted molar refractivity (Wildman–Crippen MR) is 70.6 cm³/mol. The zero-order valence-electron chi connectivity index (χ0n) is 10.3. The van der Waals surface area contributed by atoms with Gasteiger partial charge in [0, 0.05) is 25.7 Å². The molecule has 0 spiro atoms. The van der Waals surface area contributed by atoms with Crippen molar-refractivity contribution in [3.63, 3.8) is 0 Å². The van der Waals surface area contributed by atoms with Gasteiger partial charge in [0.2, 0.25) is 5.91 Å². The van der Waals surface area contributed by atoms with Crippen molar-refractivity contribution in [3.05, 3.63) is 33.9 Å². The van der Waals surface area contributed by atoms with Gasteiger partial charge in [0.05, 0.1) is 4.92 Å². The summed E-state index contributed by atoms with van der Waals surface area (Å²) in [6, 6.07) is 3.86. The molecule has 0 aromatic heterocycles. The van der Waals surface area contributed by atoms with Crippen molar-refractivity contribution >= 4 is 34.8 Å². The van der Waals surface area contributed by atoms with E-state index in [1.807, 2.05) is 0 Å². The second-order valence-corrected chi connectivity index (χ2v) is 3.89. The molecule has 1 N–H and O–H groups in total. The van der Waals surface area contributed by atoms with E-state index in [1.54, 1.807) is 0 Å². The third-order valence-electron chi connectivity index (χ3n) is 2.51. The molecule has 0 atom stereocenters. The normalized spacial score (nSPS) is 9.84. The fourth-order valence-electron chi connectivity index (χ4n) is 1.46. The number of nitrogens with zero attached hydrogens (tertiary/aromatic N) is 2. The van der Waals surface area contributed by atoms with Crippen LogP contribution in [0.4, 0.5) is 11.4 Å². The Hall–Kier alpha value is -2.15. The number of nitro benzene ring substituents is 1. The van der Waals surface area contributed by atoms with Crippen molar-refractivity contribution in [2.75, 3.05) is 24.9 Å². The fraction of sp³-hybridized carbons (Fsp3) is 0.273. The van der Waals surface area contributed by atoms with Crippen molar-refractivity contribution in [2.45, 2.75) is 0 Å². The quantitative estimate of drug-likeness (QED) is 0.510. The summed E-state index contributed by atoms with van der Waals surface area (Å²) in [6.45, 7) is 0. The molecule has 1 rings (SSSR count). The van der Waals surface area contributed by atoms with E-state index in [4.69, 9.17) is 11.6 Å². The topological polar surface area (TPSA) is 92.6 Å². The molecule has 2 amide bonds. The number of amides is 2. The maximum Gasteiger partial charge on any atom is 0.293 e. The molecule has 7 nitrogen and oxygen atoms in total. The maximum absolute atomic E-state index is 11.5. The van der Waals surface area contributed by atoms with Gasteiger partial charge in [-0.2, -0.15) is 0 Å². The molecule has 0 bridgehead atoms. The predicted octanol–water partition coefficient (Wildman–Crippen LogP) is 1.16. The molecule has 0 radical (unpaired) electrons. The summed E-state index contributed by atoms with van der Waals surface area (Å²) in [5.41, 5.74) is -0.102. The zero-order chi connectivity index (χ0) is 14.6. The van der Waals surface area contributed by atoms with Crippen LogP contribution < -0.4 is 10.2 Å². The molecule has 0 saturated carbocycles. The summed E-state index contributed by atoms with van der Waals surface area (Å²) >= 11 is 5.41. The summed E-state index contributed by atoms with van der Waals surface area (Å²) in [7, 11) is 2.80. The molecule has 0 aliphatic carbocycles. The molecule has 1 aromatic rings. The van der Waals surface area contributed by atoms with Crippen LogP contribution in [-0.4, -0.2) is 36.7 Å². The second kappa shape index (κ2) is 6.14. The molecule has 0 aliphatic rings. The van der Waals surface area contributed by atoms with Crippen LogP contribution in [0.3, 0.4) is 0 Å². The van der Waals surface area contributed by atoms with Gasteiger partial charge in [-0.05, 0) is 12.1 Å². The summed E-state index contributed by atoms with van der Waals surface area (Å²) in [4.78, 5) is 34.3. The van der Waals surface area contributed by atoms with Gasteiger partial charge in [-0.1, -0.05) is 0 Å². The molecule has 0 aliphatic heterocycles. The van der Waals surface area contributed by atoms with Crippen molar-refractivity contribution in [1.82, 2.24) is 5.32 Å². The van der Waals surface area contributed by atoms with E-state index in [1.165, 1.54) is 26.2 Å². The minimum absolute atomic E-state index is 0.0864. The van der Waals surface area contributed by atoms with E-state index in [-0.39, 0.29) is 22.8 Å². The van der Waals surface area contributed by atoms with Crippen LogP contribution in [0.2, 0.25) is 0 Å².